The first-order valence-corrected chi connectivity index (χ1v) is 10.7. The summed E-state index contributed by atoms with van der Waals surface area (Å²) in [6.45, 7) is 4.63. The summed E-state index contributed by atoms with van der Waals surface area (Å²) in [4.78, 5) is 12.3. The van der Waals surface area contributed by atoms with Gasteiger partial charge in [0.15, 0.2) is 0 Å². The zero-order chi connectivity index (χ0) is 19.9. The van der Waals surface area contributed by atoms with Crippen molar-refractivity contribution < 1.29 is 9.90 Å². The Morgan fingerprint density at radius 1 is 1.14 bits per heavy atom. The van der Waals surface area contributed by atoms with Gasteiger partial charge in [0.1, 0.15) is 5.54 Å². The second-order valence-electron chi connectivity index (χ2n) is 8.57. The first-order chi connectivity index (χ1) is 13.4. The molecule has 0 aromatic heterocycles. The quantitative estimate of drug-likeness (QED) is 0.642. The summed E-state index contributed by atoms with van der Waals surface area (Å²) in [5.41, 5.74) is 2.86. The van der Waals surface area contributed by atoms with Gasteiger partial charge in [-0.2, -0.15) is 0 Å². The van der Waals surface area contributed by atoms with Crippen molar-refractivity contribution in [2.45, 2.75) is 62.8 Å². The van der Waals surface area contributed by atoms with E-state index in [1.807, 2.05) is 12.1 Å². The van der Waals surface area contributed by atoms with Gasteiger partial charge in [0.05, 0.1) is 0 Å². The Hall–Kier alpha value is -2.00. The van der Waals surface area contributed by atoms with Crippen molar-refractivity contribution in [1.29, 1.82) is 0 Å². The number of halogens is 1. The van der Waals surface area contributed by atoms with Crippen molar-refractivity contribution in [3.8, 4) is 0 Å². The smallest absolute Gasteiger partial charge is 0.329 e. The third-order valence-corrected chi connectivity index (χ3v) is 7.66. The van der Waals surface area contributed by atoms with Crippen LogP contribution in [0.15, 0.2) is 48.5 Å². The summed E-state index contributed by atoms with van der Waals surface area (Å²) in [6.07, 6.45) is 4.14. The number of rotatable bonds is 4. The molecule has 0 amide bonds. The van der Waals surface area contributed by atoms with Crippen molar-refractivity contribution in [1.82, 2.24) is 0 Å². The molecule has 2 aromatic carbocycles. The number of nitrogens with one attached hydrogen (secondary N) is 1. The molecule has 148 valence electrons. The Bertz CT molecular complexity index is 886. The zero-order valence-corrected chi connectivity index (χ0v) is 17.3. The third-order valence-electron chi connectivity index (χ3n) is 7.43. The highest BCUT2D eigenvalue weighted by Crippen LogP contribution is 2.59. The molecule has 2 N–H and O–H groups in total. The van der Waals surface area contributed by atoms with E-state index in [0.29, 0.717) is 29.7 Å². The molecule has 0 radical (unpaired) electrons. The van der Waals surface area contributed by atoms with Gasteiger partial charge in [0, 0.05) is 10.7 Å². The highest BCUT2D eigenvalue weighted by molar-refractivity contribution is 6.30. The molecule has 1 fully saturated rings. The molecular weight excluding hydrogens is 370 g/mol. The van der Waals surface area contributed by atoms with E-state index in [1.165, 1.54) is 11.1 Å². The minimum absolute atomic E-state index is 0.0895. The largest absolute Gasteiger partial charge is 0.480 e. The van der Waals surface area contributed by atoms with Crippen LogP contribution in [0.4, 0.5) is 5.69 Å². The maximum Gasteiger partial charge on any atom is 0.329 e. The first kappa shape index (κ1) is 19.3. The highest BCUT2D eigenvalue weighted by atomic mass is 35.5. The van der Waals surface area contributed by atoms with Gasteiger partial charge in [0.2, 0.25) is 0 Å². The van der Waals surface area contributed by atoms with Crippen LogP contribution in [0, 0.1) is 5.92 Å². The van der Waals surface area contributed by atoms with E-state index in [9.17, 15) is 9.90 Å². The molecule has 3 nitrogen and oxygen atoms in total. The summed E-state index contributed by atoms with van der Waals surface area (Å²) >= 11 is 6.11. The van der Waals surface area contributed by atoms with Gasteiger partial charge in [-0.25, -0.2) is 4.79 Å². The van der Waals surface area contributed by atoms with Crippen molar-refractivity contribution in [3.05, 3.63) is 64.7 Å². The lowest BCUT2D eigenvalue weighted by atomic mass is 9.60. The molecular formula is C24H28ClNO2. The van der Waals surface area contributed by atoms with Gasteiger partial charge in [-0.1, -0.05) is 55.8 Å². The predicted octanol–water partition coefficient (Wildman–Crippen LogP) is 6.23. The van der Waals surface area contributed by atoms with Crippen LogP contribution in [0.1, 0.15) is 63.0 Å². The average Bonchev–Trinajstić information content (AvgIpc) is 2.92. The Morgan fingerprint density at radius 3 is 2.50 bits per heavy atom. The first-order valence-electron chi connectivity index (χ1n) is 10.3. The molecule has 0 unspecified atom stereocenters. The number of hydrogen-bond donors (Lipinski definition) is 2. The molecule has 2 aromatic rings. The van der Waals surface area contributed by atoms with Gasteiger partial charge in [-0.3, -0.25) is 0 Å². The molecule has 28 heavy (non-hydrogen) atoms. The Kier molecular flexibility index (Phi) is 4.91. The lowest BCUT2D eigenvalue weighted by Gasteiger charge is -2.46. The van der Waals surface area contributed by atoms with E-state index in [2.05, 4.69) is 43.4 Å². The monoisotopic (exact) mass is 397 g/mol. The summed E-state index contributed by atoms with van der Waals surface area (Å²) in [7, 11) is 0. The number of carboxylic acid groups (broad SMARTS) is 1. The minimum atomic E-state index is -0.936. The minimum Gasteiger partial charge on any atom is -0.480 e. The van der Waals surface area contributed by atoms with E-state index in [4.69, 9.17) is 11.6 Å². The van der Waals surface area contributed by atoms with E-state index in [0.717, 1.165) is 24.9 Å². The molecule has 2 aliphatic rings. The standard InChI is InChI=1S/C24H28ClNO2/c1-3-19-16(2)23(21-10-5-4-9-20(19)21)11-13-24(14-12-23,22(27)28)26-18-8-6-7-17(25)15-18/h4-10,15-16,19,26H,3,11-14H2,1-2H3,(H,27,28)/t16-,19+,23?,24?/m1/s1. The molecule has 2 aliphatic carbocycles. The topological polar surface area (TPSA) is 49.3 Å². The van der Waals surface area contributed by atoms with Crippen LogP contribution in [-0.4, -0.2) is 16.6 Å². The predicted molar refractivity (Wildman–Crippen MR) is 114 cm³/mol. The lowest BCUT2D eigenvalue weighted by Crippen LogP contribution is -2.52. The Balaban J connectivity index is 1.64. The molecule has 1 saturated carbocycles. The van der Waals surface area contributed by atoms with Crippen LogP contribution in [0.3, 0.4) is 0 Å². The average molecular weight is 398 g/mol. The van der Waals surface area contributed by atoms with Crippen LogP contribution < -0.4 is 5.32 Å². The summed E-state index contributed by atoms with van der Waals surface area (Å²) < 4.78 is 0. The lowest BCUT2D eigenvalue weighted by molar-refractivity contribution is -0.144. The molecule has 0 aliphatic heterocycles. The van der Waals surface area contributed by atoms with Crippen LogP contribution in [-0.2, 0) is 10.2 Å². The van der Waals surface area contributed by atoms with Gasteiger partial charge in [-0.15, -0.1) is 0 Å². The fourth-order valence-electron chi connectivity index (χ4n) is 5.83. The van der Waals surface area contributed by atoms with Gasteiger partial charge in [-0.05, 0) is 78.7 Å². The molecule has 1 spiro atoms. The number of carboxylic acids is 1. The Morgan fingerprint density at radius 2 is 1.86 bits per heavy atom. The molecule has 2 atom stereocenters. The number of anilines is 1. The Labute approximate surface area is 172 Å². The molecule has 4 heteroatoms. The van der Waals surface area contributed by atoms with E-state index >= 15 is 0 Å². The van der Waals surface area contributed by atoms with E-state index in [1.54, 1.807) is 12.1 Å². The van der Waals surface area contributed by atoms with Crippen molar-refractivity contribution in [3.63, 3.8) is 0 Å². The number of fused-ring (bicyclic) bond motifs is 2. The van der Waals surface area contributed by atoms with Gasteiger partial charge in [0.25, 0.3) is 0 Å². The maximum atomic E-state index is 12.3. The number of carbonyl (C=O) groups is 1. The summed E-state index contributed by atoms with van der Waals surface area (Å²) in [5, 5.41) is 14.0. The second kappa shape index (κ2) is 7.11. The van der Waals surface area contributed by atoms with E-state index < -0.39 is 11.5 Å². The van der Waals surface area contributed by atoms with E-state index in [-0.39, 0.29) is 5.41 Å². The highest BCUT2D eigenvalue weighted by Gasteiger charge is 2.55. The van der Waals surface area contributed by atoms with Crippen LogP contribution >= 0.6 is 11.6 Å². The van der Waals surface area contributed by atoms with Crippen LogP contribution in [0.5, 0.6) is 0 Å². The summed E-state index contributed by atoms with van der Waals surface area (Å²) in [5.74, 6) is 0.329. The third kappa shape index (κ3) is 2.91. The van der Waals surface area contributed by atoms with Gasteiger partial charge >= 0.3 is 5.97 Å². The van der Waals surface area contributed by atoms with Crippen molar-refractivity contribution in [2.75, 3.05) is 5.32 Å². The van der Waals surface area contributed by atoms with Gasteiger partial charge < -0.3 is 10.4 Å². The van der Waals surface area contributed by atoms with Crippen molar-refractivity contribution in [2.24, 2.45) is 5.92 Å². The zero-order valence-electron chi connectivity index (χ0n) is 16.5. The summed E-state index contributed by atoms with van der Waals surface area (Å²) in [6, 6.07) is 16.2. The fourth-order valence-corrected chi connectivity index (χ4v) is 6.02. The van der Waals surface area contributed by atoms with Crippen LogP contribution in [0.2, 0.25) is 5.02 Å². The second-order valence-corrected chi connectivity index (χ2v) is 9.01. The molecule has 0 bridgehead atoms. The molecule has 0 heterocycles. The SMILES string of the molecule is CC[C@@H]1c2ccccc2C2(CCC(Nc3cccc(Cl)c3)(C(=O)O)CC2)[C@@H]1C. The molecule has 4 rings (SSSR count). The fraction of sp³-hybridized carbons (Fsp3) is 0.458. The number of benzene rings is 2. The van der Waals surface area contributed by atoms with Crippen LogP contribution in [0.25, 0.3) is 0 Å². The number of hydrogen-bond acceptors (Lipinski definition) is 2. The molecule has 0 saturated heterocycles. The number of aliphatic carboxylic acids is 1. The normalized spacial score (nSPS) is 31.5. The maximum absolute atomic E-state index is 12.3. The van der Waals surface area contributed by atoms with Crippen molar-refractivity contribution >= 4 is 23.3 Å².